The number of phenols is 1. The maximum Gasteiger partial charge on any atom is 0.256 e. The number of aromatic amines is 1. The van der Waals surface area contributed by atoms with Crippen LogP contribution < -0.4 is 5.56 Å². The summed E-state index contributed by atoms with van der Waals surface area (Å²) in [5.41, 5.74) is 0.785. The van der Waals surface area contributed by atoms with Crippen molar-refractivity contribution in [3.8, 4) is 5.75 Å². The summed E-state index contributed by atoms with van der Waals surface area (Å²) in [6.45, 7) is 1.04. The molecule has 0 amide bonds. The van der Waals surface area contributed by atoms with Crippen molar-refractivity contribution < 1.29 is 17.9 Å². The number of fused-ring (bicyclic) bond motifs is 1. The Bertz CT molecular complexity index is 956. The molecule has 0 spiro atoms. The summed E-state index contributed by atoms with van der Waals surface area (Å²) < 4.78 is 36.5. The number of nitrogens with zero attached hydrogens (tertiary/aromatic N) is 2. The number of H-pyrrole nitrogens is 1. The molecule has 2 aromatic rings. The molecule has 9 heteroatoms. The van der Waals surface area contributed by atoms with E-state index < -0.39 is 27.0 Å². The van der Waals surface area contributed by atoms with E-state index in [4.69, 9.17) is 0 Å². The number of aromatic nitrogens is 2. The lowest BCUT2D eigenvalue weighted by Crippen LogP contribution is -2.36. The van der Waals surface area contributed by atoms with Crippen LogP contribution in [0, 0.1) is 5.82 Å². The molecule has 24 heavy (non-hydrogen) atoms. The lowest BCUT2D eigenvalue weighted by atomic mass is 10.1. The summed E-state index contributed by atoms with van der Waals surface area (Å²) in [4.78, 5) is 20.4. The van der Waals surface area contributed by atoms with Crippen LogP contribution in [-0.2, 0) is 29.3 Å². The van der Waals surface area contributed by atoms with Crippen LogP contribution >= 0.6 is 0 Å². The molecule has 2 heterocycles. The third-order valence-corrected chi connectivity index (χ3v) is 4.84. The van der Waals surface area contributed by atoms with Crippen LogP contribution in [0.4, 0.5) is 4.39 Å². The highest BCUT2D eigenvalue weighted by molar-refractivity contribution is 7.90. The standard InChI is InChI=1S/C15H16FN3O4S/c1-24(22,23)15-17-12-5-6-19(8-10(12)14(21)18-15)7-9-3-2-4-11(16)13(9)20/h2-4,20H,5-8H2,1H3,(H,17,18,21). The Balaban J connectivity index is 1.87. The average molecular weight is 353 g/mol. The van der Waals surface area contributed by atoms with Gasteiger partial charge in [-0.3, -0.25) is 14.7 Å². The molecule has 1 aliphatic heterocycles. The molecule has 0 fully saturated rings. The van der Waals surface area contributed by atoms with Gasteiger partial charge in [0.2, 0.25) is 15.0 Å². The van der Waals surface area contributed by atoms with E-state index in [1.807, 2.05) is 4.90 Å². The van der Waals surface area contributed by atoms with E-state index in [1.165, 1.54) is 12.1 Å². The highest BCUT2D eigenvalue weighted by atomic mass is 32.2. The summed E-state index contributed by atoms with van der Waals surface area (Å²) in [7, 11) is -3.59. The van der Waals surface area contributed by atoms with Crippen molar-refractivity contribution in [2.24, 2.45) is 0 Å². The first-order valence-electron chi connectivity index (χ1n) is 7.26. The highest BCUT2D eigenvalue weighted by Gasteiger charge is 2.24. The number of rotatable bonds is 3. The minimum atomic E-state index is -3.59. The van der Waals surface area contributed by atoms with Crippen LogP contribution in [0.1, 0.15) is 16.8 Å². The maximum absolute atomic E-state index is 13.4. The largest absolute Gasteiger partial charge is 0.505 e. The predicted octanol–water partition coefficient (Wildman–Crippen LogP) is 0.576. The number of hydrogen-bond acceptors (Lipinski definition) is 6. The molecule has 0 radical (unpaired) electrons. The fraction of sp³-hybridized carbons (Fsp3) is 0.333. The summed E-state index contributed by atoms with van der Waals surface area (Å²) >= 11 is 0. The van der Waals surface area contributed by atoms with E-state index in [0.29, 0.717) is 29.8 Å². The van der Waals surface area contributed by atoms with Crippen molar-refractivity contribution in [3.05, 3.63) is 51.2 Å². The van der Waals surface area contributed by atoms with Gasteiger partial charge in [-0.15, -0.1) is 0 Å². The summed E-state index contributed by atoms with van der Waals surface area (Å²) in [6, 6.07) is 4.30. The molecule has 0 aliphatic carbocycles. The Labute approximate surface area is 137 Å². The number of nitrogens with one attached hydrogen (secondary N) is 1. The van der Waals surface area contributed by atoms with Gasteiger partial charge in [0.25, 0.3) is 5.56 Å². The molecule has 0 atom stereocenters. The molecule has 1 aromatic carbocycles. The van der Waals surface area contributed by atoms with Gasteiger partial charge in [-0.1, -0.05) is 12.1 Å². The number of aromatic hydroxyl groups is 1. The van der Waals surface area contributed by atoms with Gasteiger partial charge in [-0.25, -0.2) is 17.8 Å². The Hall–Kier alpha value is -2.26. The summed E-state index contributed by atoms with van der Waals surface area (Å²) in [5.74, 6) is -1.09. The predicted molar refractivity (Wildman–Crippen MR) is 83.9 cm³/mol. The number of benzene rings is 1. The van der Waals surface area contributed by atoms with Crippen molar-refractivity contribution in [2.75, 3.05) is 12.8 Å². The van der Waals surface area contributed by atoms with Crippen molar-refractivity contribution in [3.63, 3.8) is 0 Å². The average Bonchev–Trinajstić information content (AvgIpc) is 2.51. The lowest BCUT2D eigenvalue weighted by Gasteiger charge is -2.27. The van der Waals surface area contributed by atoms with Crippen LogP contribution in [0.3, 0.4) is 0 Å². The van der Waals surface area contributed by atoms with Gasteiger partial charge in [0.05, 0.1) is 11.3 Å². The summed E-state index contributed by atoms with van der Waals surface area (Å²) in [5, 5.41) is 9.42. The van der Waals surface area contributed by atoms with Gasteiger partial charge in [0, 0.05) is 37.9 Å². The maximum atomic E-state index is 13.4. The van der Waals surface area contributed by atoms with Gasteiger partial charge in [0.1, 0.15) is 0 Å². The zero-order valence-electron chi connectivity index (χ0n) is 12.9. The molecule has 1 aliphatic rings. The van der Waals surface area contributed by atoms with Crippen LogP contribution in [0.2, 0.25) is 0 Å². The van der Waals surface area contributed by atoms with Gasteiger partial charge >= 0.3 is 0 Å². The van der Waals surface area contributed by atoms with Gasteiger partial charge in [0.15, 0.2) is 11.6 Å². The lowest BCUT2D eigenvalue weighted by molar-refractivity contribution is 0.237. The zero-order chi connectivity index (χ0) is 17.5. The Morgan fingerprint density at radius 1 is 1.42 bits per heavy atom. The highest BCUT2D eigenvalue weighted by Crippen LogP contribution is 2.24. The van der Waals surface area contributed by atoms with Gasteiger partial charge < -0.3 is 5.11 Å². The third kappa shape index (κ3) is 3.17. The molecule has 0 bridgehead atoms. The molecular formula is C15H16FN3O4S. The second-order valence-electron chi connectivity index (χ2n) is 5.78. The van der Waals surface area contributed by atoms with Crippen molar-refractivity contribution in [1.29, 1.82) is 0 Å². The van der Waals surface area contributed by atoms with E-state index in [1.54, 1.807) is 6.07 Å². The molecule has 7 nitrogen and oxygen atoms in total. The zero-order valence-corrected chi connectivity index (χ0v) is 13.7. The van der Waals surface area contributed by atoms with Crippen molar-refractivity contribution >= 4 is 9.84 Å². The first-order chi connectivity index (χ1) is 11.3. The Morgan fingerprint density at radius 3 is 2.88 bits per heavy atom. The third-order valence-electron chi connectivity index (χ3n) is 3.94. The fourth-order valence-electron chi connectivity index (χ4n) is 2.70. The minimum absolute atomic E-state index is 0.248. The van der Waals surface area contributed by atoms with E-state index in [2.05, 4.69) is 9.97 Å². The smallest absolute Gasteiger partial charge is 0.256 e. The molecule has 0 unspecified atom stereocenters. The van der Waals surface area contributed by atoms with Gasteiger partial charge in [-0.05, 0) is 6.07 Å². The first-order valence-corrected chi connectivity index (χ1v) is 9.15. The van der Waals surface area contributed by atoms with Gasteiger partial charge in [-0.2, -0.15) is 0 Å². The van der Waals surface area contributed by atoms with E-state index >= 15 is 0 Å². The van der Waals surface area contributed by atoms with Crippen LogP contribution in [-0.4, -0.2) is 41.2 Å². The minimum Gasteiger partial charge on any atom is -0.505 e. The van der Waals surface area contributed by atoms with Crippen LogP contribution in [0.25, 0.3) is 0 Å². The number of para-hydroxylation sites is 1. The molecule has 2 N–H and O–H groups in total. The number of halogens is 1. The molecule has 128 valence electrons. The van der Waals surface area contributed by atoms with E-state index in [-0.39, 0.29) is 18.2 Å². The van der Waals surface area contributed by atoms with E-state index in [9.17, 15) is 22.7 Å². The molecule has 0 saturated carbocycles. The van der Waals surface area contributed by atoms with Crippen molar-refractivity contribution in [2.45, 2.75) is 24.7 Å². The quantitative estimate of drug-likeness (QED) is 0.782. The number of sulfone groups is 1. The monoisotopic (exact) mass is 353 g/mol. The fourth-order valence-corrected chi connectivity index (χ4v) is 3.25. The molecule has 1 aromatic heterocycles. The Kier molecular flexibility index (Phi) is 4.14. The first kappa shape index (κ1) is 16.6. The topological polar surface area (TPSA) is 103 Å². The van der Waals surface area contributed by atoms with Crippen LogP contribution in [0.15, 0.2) is 28.2 Å². The molecule has 3 rings (SSSR count). The molecule has 0 saturated heterocycles. The Morgan fingerprint density at radius 2 is 2.17 bits per heavy atom. The SMILES string of the molecule is CS(=O)(=O)c1nc2c(c(=O)[nH]1)CN(Cc1cccc(F)c1O)CC2. The summed E-state index contributed by atoms with van der Waals surface area (Å²) in [6.07, 6.45) is 1.39. The number of hydrogen-bond donors (Lipinski definition) is 2. The normalized spacial score (nSPS) is 15.2. The van der Waals surface area contributed by atoms with Crippen molar-refractivity contribution in [1.82, 2.24) is 14.9 Å². The molecular weight excluding hydrogens is 337 g/mol. The van der Waals surface area contributed by atoms with E-state index in [0.717, 1.165) is 6.26 Å². The second kappa shape index (κ2) is 5.99. The second-order valence-corrected chi connectivity index (χ2v) is 7.71. The number of phenolic OH excluding ortho intramolecular Hbond substituents is 1. The van der Waals surface area contributed by atoms with Crippen LogP contribution in [0.5, 0.6) is 5.75 Å².